The highest BCUT2D eigenvalue weighted by atomic mass is 32.2. The molecule has 3 aromatic rings. The van der Waals surface area contributed by atoms with Crippen LogP contribution < -0.4 is 0 Å². The van der Waals surface area contributed by atoms with Gasteiger partial charge >= 0.3 is 0 Å². The van der Waals surface area contributed by atoms with Gasteiger partial charge in [-0.25, -0.2) is 8.42 Å². The number of sulfone groups is 1. The number of nitrogens with zero attached hydrogens (tertiary/aromatic N) is 2. The quantitative estimate of drug-likeness (QED) is 0.543. The number of ketones is 1. The average Bonchev–Trinajstić information content (AvgIpc) is 2.73. The Morgan fingerprint density at radius 3 is 1.86 bits per heavy atom. The predicted molar refractivity (Wildman–Crippen MR) is 108 cm³/mol. The molecule has 0 fully saturated rings. The summed E-state index contributed by atoms with van der Waals surface area (Å²) >= 11 is 0. The Kier molecular flexibility index (Phi) is 5.80. The Bertz CT molecular complexity index is 1070. The fourth-order valence-electron chi connectivity index (χ4n) is 2.87. The molecule has 0 saturated carbocycles. The number of azo groups is 1. The first kappa shape index (κ1) is 19.6. The molecule has 0 bridgehead atoms. The molecule has 0 aromatic heterocycles. The van der Waals surface area contributed by atoms with E-state index in [2.05, 4.69) is 10.2 Å². The van der Waals surface area contributed by atoms with Crippen molar-refractivity contribution >= 4 is 21.3 Å². The van der Waals surface area contributed by atoms with Gasteiger partial charge in [0.25, 0.3) is 0 Å². The van der Waals surface area contributed by atoms with Crippen LogP contribution in [-0.4, -0.2) is 19.1 Å². The van der Waals surface area contributed by atoms with Crippen molar-refractivity contribution in [2.45, 2.75) is 23.1 Å². The third kappa shape index (κ3) is 3.92. The first-order valence-electron chi connectivity index (χ1n) is 8.78. The largest absolute Gasteiger partial charge is 0.296 e. The van der Waals surface area contributed by atoms with Gasteiger partial charge in [0, 0.05) is 6.42 Å². The molecule has 0 aliphatic carbocycles. The van der Waals surface area contributed by atoms with Crippen LogP contribution in [0, 0.1) is 0 Å². The van der Waals surface area contributed by atoms with E-state index in [1.54, 1.807) is 66.7 Å². The molecule has 3 rings (SSSR count). The van der Waals surface area contributed by atoms with Crippen molar-refractivity contribution in [2.24, 2.45) is 10.2 Å². The summed E-state index contributed by atoms with van der Waals surface area (Å²) in [6.07, 6.45) is -0.100. The molecule has 0 N–H and O–H groups in total. The standard InChI is InChI=1S/C22H20N2O3S/c1-18(25)22(17-19-11-5-2-6-12-19,24-23-20-13-7-3-8-14-20)28(26,27)21-15-9-4-10-16-21/h2-16H,17H2,1H3/t22-/m0/s1. The number of carbonyl (C=O) groups excluding carboxylic acids is 1. The third-order valence-corrected chi connectivity index (χ3v) is 6.71. The maximum absolute atomic E-state index is 13.5. The summed E-state index contributed by atoms with van der Waals surface area (Å²) in [5.41, 5.74) is 1.16. The molecule has 28 heavy (non-hydrogen) atoms. The zero-order chi connectivity index (χ0) is 20.0. The Labute approximate surface area is 164 Å². The highest BCUT2D eigenvalue weighted by Gasteiger charge is 2.50. The van der Waals surface area contributed by atoms with Gasteiger partial charge in [-0.3, -0.25) is 4.79 Å². The van der Waals surface area contributed by atoms with Crippen molar-refractivity contribution in [3.8, 4) is 0 Å². The lowest BCUT2D eigenvalue weighted by atomic mass is 10.0. The summed E-state index contributed by atoms with van der Waals surface area (Å²) in [6, 6.07) is 25.6. The van der Waals surface area contributed by atoms with Crippen molar-refractivity contribution in [1.29, 1.82) is 0 Å². The molecular weight excluding hydrogens is 372 g/mol. The minimum Gasteiger partial charge on any atom is -0.296 e. The molecule has 1 atom stereocenters. The van der Waals surface area contributed by atoms with E-state index in [0.29, 0.717) is 11.3 Å². The summed E-state index contributed by atoms with van der Waals surface area (Å²) in [6.45, 7) is 1.24. The van der Waals surface area contributed by atoms with Gasteiger partial charge in [0.05, 0.1) is 10.6 Å². The topological polar surface area (TPSA) is 75.9 Å². The van der Waals surface area contributed by atoms with Crippen molar-refractivity contribution in [3.05, 3.63) is 96.6 Å². The summed E-state index contributed by atoms with van der Waals surface area (Å²) in [5, 5.41) is 8.27. The molecular formula is C22H20N2O3S. The number of Topliss-reactive ketones (excluding diaryl/α,β-unsaturated/α-hetero) is 1. The normalized spacial score (nSPS) is 13.9. The molecule has 0 heterocycles. The van der Waals surface area contributed by atoms with Crippen molar-refractivity contribution in [2.75, 3.05) is 0 Å². The first-order valence-corrected chi connectivity index (χ1v) is 10.3. The fourth-order valence-corrected chi connectivity index (χ4v) is 4.66. The SMILES string of the molecule is CC(=O)[C@@](Cc1ccccc1)(N=Nc1ccccc1)S(=O)(=O)c1ccccc1. The maximum Gasteiger partial charge on any atom is 0.247 e. The van der Waals surface area contributed by atoms with Gasteiger partial charge in [-0.05, 0) is 36.8 Å². The molecule has 0 saturated heterocycles. The Morgan fingerprint density at radius 2 is 1.32 bits per heavy atom. The van der Waals surface area contributed by atoms with E-state index in [-0.39, 0.29) is 11.3 Å². The molecule has 0 unspecified atom stereocenters. The first-order chi connectivity index (χ1) is 13.5. The van der Waals surface area contributed by atoms with E-state index in [9.17, 15) is 13.2 Å². The molecule has 6 heteroatoms. The van der Waals surface area contributed by atoms with Crippen LogP contribution in [0.5, 0.6) is 0 Å². The number of benzene rings is 3. The maximum atomic E-state index is 13.5. The lowest BCUT2D eigenvalue weighted by molar-refractivity contribution is -0.119. The zero-order valence-corrected chi connectivity index (χ0v) is 16.2. The summed E-state index contributed by atoms with van der Waals surface area (Å²) in [7, 11) is -4.14. The lowest BCUT2D eigenvalue weighted by Crippen LogP contribution is -2.45. The lowest BCUT2D eigenvalue weighted by Gasteiger charge is -2.26. The highest BCUT2D eigenvalue weighted by Crippen LogP contribution is 2.33. The van der Waals surface area contributed by atoms with Crippen LogP contribution in [0.1, 0.15) is 12.5 Å². The molecule has 0 spiro atoms. The fraction of sp³-hybridized carbons (Fsp3) is 0.136. The van der Waals surface area contributed by atoms with Gasteiger partial charge in [-0.2, -0.15) is 10.2 Å². The Morgan fingerprint density at radius 1 is 0.821 bits per heavy atom. The van der Waals surface area contributed by atoms with E-state index >= 15 is 0 Å². The number of carbonyl (C=O) groups is 1. The number of hydrogen-bond donors (Lipinski definition) is 0. The smallest absolute Gasteiger partial charge is 0.247 e. The average molecular weight is 392 g/mol. The second-order valence-electron chi connectivity index (χ2n) is 6.35. The highest BCUT2D eigenvalue weighted by molar-refractivity contribution is 7.93. The van der Waals surface area contributed by atoms with Gasteiger partial charge in [0.1, 0.15) is 0 Å². The van der Waals surface area contributed by atoms with Crippen LogP contribution in [-0.2, 0) is 21.1 Å². The summed E-state index contributed by atoms with van der Waals surface area (Å²) in [4.78, 5) is 10.8. The van der Waals surface area contributed by atoms with Crippen LogP contribution in [0.15, 0.2) is 106 Å². The predicted octanol–water partition coefficient (Wildman–Crippen LogP) is 4.77. The van der Waals surface area contributed by atoms with E-state index in [1.807, 2.05) is 12.1 Å². The van der Waals surface area contributed by atoms with E-state index in [4.69, 9.17) is 0 Å². The van der Waals surface area contributed by atoms with Crippen LogP contribution in [0.4, 0.5) is 5.69 Å². The van der Waals surface area contributed by atoms with E-state index < -0.39 is 20.5 Å². The minimum absolute atomic E-state index is 0.0353. The van der Waals surface area contributed by atoms with Gasteiger partial charge in [-0.1, -0.05) is 66.7 Å². The summed E-state index contributed by atoms with van der Waals surface area (Å²) in [5.74, 6) is -0.583. The molecule has 142 valence electrons. The second kappa shape index (κ2) is 8.27. The second-order valence-corrected chi connectivity index (χ2v) is 8.51. The van der Waals surface area contributed by atoms with E-state index in [1.165, 1.54) is 19.1 Å². The van der Waals surface area contributed by atoms with E-state index in [0.717, 1.165) is 0 Å². The molecule has 0 aliphatic rings. The van der Waals surface area contributed by atoms with Crippen molar-refractivity contribution in [3.63, 3.8) is 0 Å². The van der Waals surface area contributed by atoms with Gasteiger partial charge in [-0.15, -0.1) is 0 Å². The molecule has 0 radical (unpaired) electrons. The Hall–Kier alpha value is -3.12. The minimum atomic E-state index is -4.14. The molecule has 3 aromatic carbocycles. The van der Waals surface area contributed by atoms with Gasteiger partial charge in [0.2, 0.25) is 14.7 Å². The number of hydrogen-bond acceptors (Lipinski definition) is 5. The van der Waals surface area contributed by atoms with Crippen molar-refractivity contribution in [1.82, 2.24) is 0 Å². The van der Waals surface area contributed by atoms with Crippen LogP contribution in [0.25, 0.3) is 0 Å². The molecule has 0 aliphatic heterocycles. The van der Waals surface area contributed by atoms with Crippen molar-refractivity contribution < 1.29 is 13.2 Å². The summed E-state index contributed by atoms with van der Waals surface area (Å²) < 4.78 is 27.1. The zero-order valence-electron chi connectivity index (χ0n) is 15.4. The van der Waals surface area contributed by atoms with Crippen LogP contribution >= 0.6 is 0 Å². The van der Waals surface area contributed by atoms with Gasteiger partial charge in [0.15, 0.2) is 5.78 Å². The van der Waals surface area contributed by atoms with Crippen LogP contribution in [0.2, 0.25) is 0 Å². The monoisotopic (exact) mass is 392 g/mol. The van der Waals surface area contributed by atoms with Crippen LogP contribution in [0.3, 0.4) is 0 Å². The Balaban J connectivity index is 2.18. The number of rotatable bonds is 7. The molecule has 0 amide bonds. The third-order valence-electron chi connectivity index (χ3n) is 4.42. The van der Waals surface area contributed by atoms with Gasteiger partial charge < -0.3 is 0 Å². The molecule has 5 nitrogen and oxygen atoms in total.